The standard InChI is InChI=1S/C21H22N2O3S/c1-22-27(25,26)19-12-9-16(10-13-19)11-14-21(24)23-15-18-7-4-6-17-5-2-3-8-20(17)18/h2-10,12-13,22H,11,14-15H2,1H3,(H,23,24). The summed E-state index contributed by atoms with van der Waals surface area (Å²) in [5.41, 5.74) is 2.01. The fourth-order valence-corrected chi connectivity index (χ4v) is 3.67. The second-order valence-electron chi connectivity index (χ2n) is 6.27. The molecule has 0 fully saturated rings. The van der Waals surface area contributed by atoms with Crippen LogP contribution in [-0.4, -0.2) is 21.4 Å². The van der Waals surface area contributed by atoms with Gasteiger partial charge in [0, 0.05) is 13.0 Å². The molecule has 0 atom stereocenters. The summed E-state index contributed by atoms with van der Waals surface area (Å²) in [6.45, 7) is 0.486. The largest absolute Gasteiger partial charge is 0.352 e. The molecule has 0 bridgehead atoms. The molecule has 6 heteroatoms. The number of carbonyl (C=O) groups excluding carboxylic acids is 1. The predicted octanol–water partition coefficient (Wildman–Crippen LogP) is 3.00. The van der Waals surface area contributed by atoms with Crippen molar-refractivity contribution >= 4 is 26.7 Å². The highest BCUT2D eigenvalue weighted by Gasteiger charge is 2.11. The maximum Gasteiger partial charge on any atom is 0.240 e. The van der Waals surface area contributed by atoms with Gasteiger partial charge in [0.15, 0.2) is 0 Å². The lowest BCUT2D eigenvalue weighted by Crippen LogP contribution is -2.23. The van der Waals surface area contributed by atoms with Crippen molar-refractivity contribution in [1.29, 1.82) is 0 Å². The molecule has 0 saturated heterocycles. The Hall–Kier alpha value is -2.70. The van der Waals surface area contributed by atoms with Gasteiger partial charge in [0.2, 0.25) is 15.9 Å². The Balaban J connectivity index is 1.55. The van der Waals surface area contributed by atoms with Crippen molar-refractivity contribution in [3.63, 3.8) is 0 Å². The zero-order valence-electron chi connectivity index (χ0n) is 15.1. The van der Waals surface area contributed by atoms with Crippen molar-refractivity contribution in [2.24, 2.45) is 0 Å². The molecule has 3 rings (SSSR count). The molecule has 0 radical (unpaired) electrons. The Kier molecular flexibility index (Phi) is 5.88. The number of aryl methyl sites for hydroxylation is 1. The average molecular weight is 382 g/mol. The third-order valence-electron chi connectivity index (χ3n) is 4.50. The SMILES string of the molecule is CNS(=O)(=O)c1ccc(CCC(=O)NCc2cccc3ccccc23)cc1. The van der Waals surface area contributed by atoms with Gasteiger partial charge in [-0.2, -0.15) is 0 Å². The van der Waals surface area contributed by atoms with Crippen LogP contribution in [0.5, 0.6) is 0 Å². The maximum absolute atomic E-state index is 12.2. The molecule has 0 aliphatic heterocycles. The second kappa shape index (κ2) is 8.33. The molecule has 0 heterocycles. The van der Waals surface area contributed by atoms with Crippen LogP contribution in [0.4, 0.5) is 0 Å². The van der Waals surface area contributed by atoms with Gasteiger partial charge in [-0.15, -0.1) is 0 Å². The number of benzene rings is 3. The Morgan fingerprint density at radius 3 is 2.37 bits per heavy atom. The van der Waals surface area contributed by atoms with E-state index in [0.717, 1.165) is 21.9 Å². The minimum absolute atomic E-state index is 0.0325. The van der Waals surface area contributed by atoms with Crippen LogP contribution in [0.3, 0.4) is 0 Å². The van der Waals surface area contributed by atoms with Gasteiger partial charge in [-0.1, -0.05) is 54.6 Å². The van der Waals surface area contributed by atoms with Crippen molar-refractivity contribution in [3.8, 4) is 0 Å². The molecule has 0 aromatic heterocycles. The molecule has 140 valence electrons. The first kappa shape index (κ1) is 19.1. The fourth-order valence-electron chi connectivity index (χ4n) is 2.94. The number of hydrogen-bond donors (Lipinski definition) is 2. The van der Waals surface area contributed by atoms with Crippen molar-refractivity contribution in [2.75, 3.05) is 7.05 Å². The summed E-state index contributed by atoms with van der Waals surface area (Å²) >= 11 is 0. The first-order valence-electron chi connectivity index (χ1n) is 8.75. The third-order valence-corrected chi connectivity index (χ3v) is 5.93. The van der Waals surface area contributed by atoms with E-state index in [1.807, 2.05) is 24.3 Å². The Bertz CT molecular complexity index is 1040. The topological polar surface area (TPSA) is 75.3 Å². The van der Waals surface area contributed by atoms with Gasteiger partial charge in [-0.05, 0) is 47.5 Å². The second-order valence-corrected chi connectivity index (χ2v) is 8.15. The highest BCUT2D eigenvalue weighted by atomic mass is 32.2. The predicted molar refractivity (Wildman–Crippen MR) is 107 cm³/mol. The van der Waals surface area contributed by atoms with E-state index in [2.05, 4.69) is 28.2 Å². The molecule has 3 aromatic carbocycles. The highest BCUT2D eigenvalue weighted by Crippen LogP contribution is 2.18. The number of sulfonamides is 1. The number of nitrogens with one attached hydrogen (secondary N) is 2. The number of fused-ring (bicyclic) bond motifs is 1. The quantitative estimate of drug-likeness (QED) is 0.660. The number of rotatable bonds is 7. The Morgan fingerprint density at radius 2 is 1.63 bits per heavy atom. The van der Waals surface area contributed by atoms with E-state index in [-0.39, 0.29) is 10.8 Å². The van der Waals surface area contributed by atoms with E-state index in [4.69, 9.17) is 0 Å². The summed E-state index contributed by atoms with van der Waals surface area (Å²) in [7, 11) is -2.05. The van der Waals surface area contributed by atoms with Crippen LogP contribution in [0.25, 0.3) is 10.8 Å². The van der Waals surface area contributed by atoms with Crippen LogP contribution in [0.1, 0.15) is 17.5 Å². The molecule has 2 N–H and O–H groups in total. The number of amides is 1. The van der Waals surface area contributed by atoms with E-state index < -0.39 is 10.0 Å². The van der Waals surface area contributed by atoms with Crippen molar-refractivity contribution < 1.29 is 13.2 Å². The summed E-state index contributed by atoms with van der Waals surface area (Å²) in [5.74, 6) is -0.0325. The summed E-state index contributed by atoms with van der Waals surface area (Å²) in [4.78, 5) is 12.4. The molecule has 0 unspecified atom stereocenters. The van der Waals surface area contributed by atoms with E-state index in [1.54, 1.807) is 24.3 Å². The average Bonchev–Trinajstić information content (AvgIpc) is 2.71. The van der Waals surface area contributed by atoms with Gasteiger partial charge in [0.05, 0.1) is 4.90 Å². The number of hydrogen-bond acceptors (Lipinski definition) is 3. The summed E-state index contributed by atoms with van der Waals surface area (Å²) in [6.07, 6.45) is 0.907. The van der Waals surface area contributed by atoms with Crippen molar-refractivity contribution in [1.82, 2.24) is 10.0 Å². The zero-order chi connectivity index (χ0) is 19.3. The van der Waals surface area contributed by atoms with E-state index in [9.17, 15) is 13.2 Å². The summed E-state index contributed by atoms with van der Waals surface area (Å²) in [5, 5.41) is 5.26. The normalized spacial score (nSPS) is 11.4. The van der Waals surface area contributed by atoms with Crippen molar-refractivity contribution in [3.05, 3.63) is 77.9 Å². The lowest BCUT2D eigenvalue weighted by Gasteiger charge is -2.09. The van der Waals surface area contributed by atoms with Gasteiger partial charge in [0.25, 0.3) is 0 Å². The molecule has 0 aliphatic rings. The Morgan fingerprint density at radius 1 is 0.926 bits per heavy atom. The minimum Gasteiger partial charge on any atom is -0.352 e. The maximum atomic E-state index is 12.2. The van der Waals surface area contributed by atoms with E-state index >= 15 is 0 Å². The van der Waals surface area contributed by atoms with Gasteiger partial charge < -0.3 is 5.32 Å². The summed E-state index contributed by atoms with van der Waals surface area (Å²) in [6, 6.07) is 20.7. The van der Waals surface area contributed by atoms with Gasteiger partial charge in [-0.25, -0.2) is 13.1 Å². The molecule has 0 spiro atoms. The molecular formula is C21H22N2O3S. The molecule has 1 amide bonds. The summed E-state index contributed by atoms with van der Waals surface area (Å²) < 4.78 is 25.7. The highest BCUT2D eigenvalue weighted by molar-refractivity contribution is 7.89. The van der Waals surface area contributed by atoms with Gasteiger partial charge in [-0.3, -0.25) is 4.79 Å². The minimum atomic E-state index is -3.43. The van der Waals surface area contributed by atoms with E-state index in [1.165, 1.54) is 7.05 Å². The lowest BCUT2D eigenvalue weighted by atomic mass is 10.0. The molecule has 27 heavy (non-hydrogen) atoms. The molecule has 3 aromatic rings. The van der Waals surface area contributed by atoms with Gasteiger partial charge in [0.1, 0.15) is 0 Å². The first-order chi connectivity index (χ1) is 13.0. The monoisotopic (exact) mass is 382 g/mol. The Labute approximate surface area is 159 Å². The molecule has 0 saturated carbocycles. The smallest absolute Gasteiger partial charge is 0.240 e. The van der Waals surface area contributed by atoms with Crippen molar-refractivity contribution in [2.45, 2.75) is 24.3 Å². The molecule has 5 nitrogen and oxygen atoms in total. The number of carbonyl (C=O) groups is 1. The van der Waals surface area contributed by atoms with Crippen LogP contribution in [0.2, 0.25) is 0 Å². The third kappa shape index (κ3) is 4.72. The van der Waals surface area contributed by atoms with Crippen LogP contribution in [0.15, 0.2) is 71.6 Å². The van der Waals surface area contributed by atoms with Crippen LogP contribution in [-0.2, 0) is 27.8 Å². The van der Waals surface area contributed by atoms with Crippen LogP contribution >= 0.6 is 0 Å². The molecular weight excluding hydrogens is 360 g/mol. The van der Waals surface area contributed by atoms with Crippen LogP contribution < -0.4 is 10.0 Å². The van der Waals surface area contributed by atoms with E-state index in [0.29, 0.717) is 19.4 Å². The van der Waals surface area contributed by atoms with Gasteiger partial charge >= 0.3 is 0 Å². The zero-order valence-corrected chi connectivity index (χ0v) is 15.9. The lowest BCUT2D eigenvalue weighted by molar-refractivity contribution is -0.121. The van der Waals surface area contributed by atoms with Crippen LogP contribution in [0, 0.1) is 0 Å². The molecule has 0 aliphatic carbocycles. The fraction of sp³-hybridized carbons (Fsp3) is 0.190. The first-order valence-corrected chi connectivity index (χ1v) is 10.2.